The number of anilines is 4. The van der Waals surface area contributed by atoms with E-state index >= 15 is 0 Å². The number of benzene rings is 8. The fraction of sp³-hybridized carbons (Fsp3) is 0.370. The summed E-state index contributed by atoms with van der Waals surface area (Å²) in [5.74, 6) is -0.685. The van der Waals surface area contributed by atoms with Crippen molar-refractivity contribution >= 4 is 171 Å². The first-order valence-corrected chi connectivity index (χ1v) is 63.1. The van der Waals surface area contributed by atoms with Crippen LogP contribution < -0.4 is 64.8 Å². The molecule has 8 heterocycles. The van der Waals surface area contributed by atoms with Crippen molar-refractivity contribution in [3.8, 4) is 0 Å². The lowest BCUT2D eigenvalue weighted by Gasteiger charge is -2.43. The van der Waals surface area contributed by atoms with Crippen molar-refractivity contribution in [2.75, 3.05) is 72.7 Å². The van der Waals surface area contributed by atoms with Gasteiger partial charge in [0, 0.05) is 72.7 Å². The highest BCUT2D eigenvalue weighted by atomic mass is 33.1. The highest BCUT2D eigenvalue weighted by Gasteiger charge is 2.54. The van der Waals surface area contributed by atoms with Crippen LogP contribution in [-0.2, 0) is 46.7 Å². The van der Waals surface area contributed by atoms with Crippen LogP contribution in [0.1, 0.15) is 161 Å². The van der Waals surface area contributed by atoms with Crippen LogP contribution in [0.15, 0.2) is 311 Å². The molecule has 32 nitrogen and oxygen atoms in total. The molecule has 150 heavy (non-hydrogen) atoms. The van der Waals surface area contributed by atoms with Crippen molar-refractivity contribution in [3.05, 3.63) is 356 Å². The van der Waals surface area contributed by atoms with Gasteiger partial charge < -0.3 is 78.2 Å². The predicted octanol–water partition coefficient (Wildman–Crippen LogP) is 17.2. The van der Waals surface area contributed by atoms with Crippen molar-refractivity contribution in [1.29, 1.82) is 0 Å². The average Bonchev–Trinajstić information content (AvgIpc) is 0.815. The fourth-order valence-corrected chi connectivity index (χ4v) is 32.9. The maximum atomic E-state index is 13.2. The van der Waals surface area contributed by atoms with Gasteiger partial charge in [0.05, 0.1) is 50.8 Å². The first kappa shape index (κ1) is 117. The molecule has 0 bridgehead atoms. The lowest BCUT2D eigenvalue weighted by atomic mass is 10.2. The van der Waals surface area contributed by atoms with E-state index < -0.39 is 88.7 Å². The van der Waals surface area contributed by atoms with E-state index in [1.807, 2.05) is 101 Å². The zero-order valence-corrected chi connectivity index (χ0v) is 94.2. The SMILES string of the molecule is CSS[C@@H](C)OC1C[C@H](n2ccc(NC(=O)c3ccccc3)nc2=O)O[C@@H]1CO.CSS[C@@H](C)OC1C[C@H](n2ccc(NC(=O)c3ccccc3)nc2=O)O[C@@H]1CO[Si](c1ccccc1)(c1ccccc1)C(C)(C)C.CSS[C@H](C)OC1C[C@H](n2ccc(NC(=O)c3ccccc3)nc2=O)O[C@@H]1CO.CSS[C@H](C)OC1C[C@H](n2ccc(NC(=O)c3ccccc3)nc2=O)O[C@@H]1CO[Si](c1ccccc1)(c1ccccc1)C(C)(C)C. The molecule has 4 amide bonds. The normalized spacial score (nSPS) is 20.4. The van der Waals surface area contributed by atoms with Gasteiger partial charge in [-0.3, -0.25) is 37.4 Å². The van der Waals surface area contributed by atoms with Gasteiger partial charge >= 0.3 is 22.8 Å². The van der Waals surface area contributed by atoms with E-state index in [1.54, 1.807) is 220 Å². The number of aliphatic hydroxyl groups excluding tert-OH is 2. The number of amides is 4. The van der Waals surface area contributed by atoms with Gasteiger partial charge in [0.1, 0.15) is 94.3 Å². The molecule has 8 aromatic carbocycles. The summed E-state index contributed by atoms with van der Waals surface area (Å²) in [6.45, 7) is 21.5. The summed E-state index contributed by atoms with van der Waals surface area (Å²) >= 11 is 0. The van der Waals surface area contributed by atoms with E-state index in [0.717, 1.165) is 0 Å². The van der Waals surface area contributed by atoms with E-state index in [9.17, 15) is 48.6 Å². The Labute approximate surface area is 907 Å². The summed E-state index contributed by atoms with van der Waals surface area (Å²) in [4.78, 5) is 117. The van der Waals surface area contributed by atoms with Crippen LogP contribution in [0.5, 0.6) is 0 Å². The lowest BCUT2D eigenvalue weighted by molar-refractivity contribution is -0.0645. The number of hydrogen-bond donors (Lipinski definition) is 6. The van der Waals surface area contributed by atoms with Crippen LogP contribution >= 0.6 is 86.4 Å². The molecule has 0 radical (unpaired) electrons. The highest BCUT2D eigenvalue weighted by molar-refractivity contribution is 8.77. The van der Waals surface area contributed by atoms with Gasteiger partial charge in [-0.25, -0.2) is 19.2 Å². The molecular formula is C108H128N12O20S8Si2. The summed E-state index contributed by atoms with van der Waals surface area (Å²) in [5.41, 5.74) is -0.567. The number of carbonyl (C=O) groups excluding carboxylic acids is 4. The first-order valence-electron chi connectivity index (χ1n) is 48.8. The lowest BCUT2D eigenvalue weighted by Crippen LogP contribution is -2.67. The molecule has 4 unspecified atom stereocenters. The monoisotopic (exact) mass is 2220 g/mol. The van der Waals surface area contributed by atoms with Crippen LogP contribution in [0.2, 0.25) is 10.1 Å². The van der Waals surface area contributed by atoms with Gasteiger partial charge in [0.15, 0.2) is 0 Å². The number of nitrogens with one attached hydrogen (secondary N) is 4. The van der Waals surface area contributed by atoms with Gasteiger partial charge in [0.25, 0.3) is 40.3 Å². The molecule has 0 saturated carbocycles. The van der Waals surface area contributed by atoms with Crippen molar-refractivity contribution in [3.63, 3.8) is 0 Å². The minimum Gasteiger partial charge on any atom is -0.405 e. The summed E-state index contributed by atoms with van der Waals surface area (Å²) in [7, 11) is 7.22. The molecule has 0 spiro atoms. The average molecular weight is 2230 g/mol. The Morgan fingerprint density at radius 1 is 0.327 bits per heavy atom. The standard InChI is InChI=1S/2C35H41N3O5S2Si.2C19H23N3O5S2/c2*1-25(45-44-5)42-29-23-32(38-22-21-31(37-34(38)40)36-33(39)26-15-9-6-10-16-26)43-30(29)24-41-46(35(2,3)4,27-17-11-7-12-18-27)28-19-13-8-14-20-28;2*1-12(29-28-2)26-14-10-17(27-15(14)11-23)22-9-8-16(21-19(22)25)20-18(24)13-6-4-3-5-7-13/h2*6-22,25,29-30,32H,23-24H2,1-5H3,(H,36,37,39,40);2*3-9,12,14-15,17,23H,10-11H2,1-2H3,(H,20,21,24,25)/t25-,29?,30+,32+;25-,29?,30-,32-;12-,14?,15+,17+;12-,14?,15-,17-/m0101/s1. The second-order valence-electron chi connectivity index (χ2n) is 37.1. The van der Waals surface area contributed by atoms with Gasteiger partial charge in [-0.15, -0.1) is 0 Å². The van der Waals surface area contributed by atoms with E-state index in [-0.39, 0.29) is 116 Å². The summed E-state index contributed by atoms with van der Waals surface area (Å²) in [6, 6.07) is 83.2. The number of rotatable bonds is 40. The second kappa shape index (κ2) is 56.7. The largest absolute Gasteiger partial charge is 0.405 e. The quantitative estimate of drug-likeness (QED) is 0.0118. The van der Waals surface area contributed by atoms with Crippen molar-refractivity contribution < 1.29 is 76.1 Å². The van der Waals surface area contributed by atoms with Crippen molar-refractivity contribution in [1.82, 2.24) is 38.2 Å². The Kier molecular flexibility index (Phi) is 44.2. The molecule has 4 aromatic heterocycles. The number of aliphatic hydroxyl groups is 2. The third kappa shape index (κ3) is 31.2. The molecule has 4 saturated heterocycles. The van der Waals surface area contributed by atoms with Gasteiger partial charge in [-0.2, -0.15) is 19.9 Å². The smallest absolute Gasteiger partial charge is 0.351 e. The Hall–Kier alpha value is -10.1. The molecule has 12 aromatic rings. The number of ether oxygens (including phenoxy) is 8. The van der Waals surface area contributed by atoms with Crippen LogP contribution in [0, 0.1) is 0 Å². The van der Waals surface area contributed by atoms with Gasteiger partial charge in [-0.1, -0.05) is 322 Å². The van der Waals surface area contributed by atoms with E-state index in [2.05, 4.69) is 180 Å². The third-order valence-electron chi connectivity index (χ3n) is 24.9. The molecule has 16 atom stereocenters. The van der Waals surface area contributed by atoms with Crippen LogP contribution in [-0.4, -0.2) is 211 Å². The summed E-state index contributed by atoms with van der Waals surface area (Å²) in [6.07, 6.45) is 10.4. The van der Waals surface area contributed by atoms with E-state index in [4.69, 9.17) is 46.7 Å². The van der Waals surface area contributed by atoms with Crippen LogP contribution in [0.4, 0.5) is 23.3 Å². The van der Waals surface area contributed by atoms with Gasteiger partial charge in [0.2, 0.25) is 0 Å². The molecule has 16 rings (SSSR count). The Morgan fingerprint density at radius 3 is 0.707 bits per heavy atom. The molecule has 4 fully saturated rings. The first-order chi connectivity index (χ1) is 72.3. The maximum Gasteiger partial charge on any atom is 0.351 e. The zero-order valence-electron chi connectivity index (χ0n) is 85.7. The predicted molar refractivity (Wildman–Crippen MR) is 609 cm³/mol. The Morgan fingerprint density at radius 2 is 0.520 bits per heavy atom. The fourth-order valence-electron chi connectivity index (χ4n) is 18.2. The third-order valence-corrected chi connectivity index (χ3v) is 42.8. The van der Waals surface area contributed by atoms with Crippen molar-refractivity contribution in [2.24, 2.45) is 0 Å². The Bertz CT molecular complexity index is 6090. The summed E-state index contributed by atoms with van der Waals surface area (Å²) in [5, 5.41) is 34.2. The molecule has 42 heteroatoms. The Balaban J connectivity index is 0.000000171. The molecule has 4 aliphatic rings. The number of aromatic nitrogens is 8. The van der Waals surface area contributed by atoms with E-state index in [1.165, 1.54) is 51.4 Å². The minimum atomic E-state index is -2.83. The molecular weight excluding hydrogens is 2100 g/mol. The number of carbonyl (C=O) groups is 4. The number of hydrogen-bond acceptors (Lipinski definition) is 32. The molecule has 796 valence electrons. The van der Waals surface area contributed by atoms with Crippen LogP contribution in [0.25, 0.3) is 0 Å². The maximum absolute atomic E-state index is 13.2. The zero-order chi connectivity index (χ0) is 107. The molecule has 6 N–H and O–H groups in total. The molecule has 4 aliphatic heterocycles. The summed E-state index contributed by atoms with van der Waals surface area (Å²) < 4.78 is 69.7. The highest BCUT2D eigenvalue weighted by Crippen LogP contribution is 2.44. The second-order valence-corrected chi connectivity index (χ2v) is 56.8. The molecule has 0 aliphatic carbocycles. The van der Waals surface area contributed by atoms with Gasteiger partial charge in [-0.05, 0) is 156 Å². The van der Waals surface area contributed by atoms with Crippen LogP contribution in [0.3, 0.4) is 0 Å². The van der Waals surface area contributed by atoms with E-state index in [0.29, 0.717) is 61.2 Å². The number of nitrogens with zero attached hydrogens (tertiary/aromatic N) is 8. The topological polar surface area (TPSA) is 389 Å². The minimum absolute atomic E-state index is 0.0724. The van der Waals surface area contributed by atoms with Crippen molar-refractivity contribution in [2.45, 2.75) is 200 Å².